The molecule has 150 valence electrons. The van der Waals surface area contributed by atoms with E-state index in [1.165, 1.54) is 0 Å². The van der Waals surface area contributed by atoms with Gasteiger partial charge in [-0.1, -0.05) is 12.1 Å². The van der Waals surface area contributed by atoms with Crippen LogP contribution in [0.25, 0.3) is 5.69 Å². The Kier molecular flexibility index (Phi) is 5.24. The molecule has 1 N–H and O–H groups in total. The number of sulfone groups is 1. The summed E-state index contributed by atoms with van der Waals surface area (Å²) in [5, 5.41) is 7.22. The Morgan fingerprint density at radius 3 is 2.34 bits per heavy atom. The van der Waals surface area contributed by atoms with Crippen molar-refractivity contribution in [3.63, 3.8) is 0 Å². The van der Waals surface area contributed by atoms with E-state index in [0.29, 0.717) is 16.5 Å². The molecule has 0 radical (unpaired) electrons. The molecule has 1 heterocycles. The monoisotopic (exact) mass is 409 g/mol. The minimum absolute atomic E-state index is 0.152. The molecule has 1 aromatic heterocycles. The molecule has 2 aromatic carbocycles. The molecule has 7 heteroatoms. The van der Waals surface area contributed by atoms with Crippen molar-refractivity contribution in [1.29, 1.82) is 0 Å². The molecule has 0 aliphatic heterocycles. The number of hydrogen-bond donors (Lipinski definition) is 1. The summed E-state index contributed by atoms with van der Waals surface area (Å²) in [6, 6.07) is 16.0. The van der Waals surface area contributed by atoms with Crippen LogP contribution in [0.1, 0.15) is 24.1 Å². The normalized spacial score (nSPS) is 14.0. The molecule has 0 spiro atoms. The Bertz CT molecular complexity index is 1110. The largest absolute Gasteiger partial charge is 0.326 e. The summed E-state index contributed by atoms with van der Waals surface area (Å²) in [5.74, 6) is 0.386. The Morgan fingerprint density at radius 1 is 1.07 bits per heavy atom. The summed E-state index contributed by atoms with van der Waals surface area (Å²) in [4.78, 5) is 12.7. The van der Waals surface area contributed by atoms with Gasteiger partial charge in [-0.05, 0) is 73.7 Å². The van der Waals surface area contributed by atoms with Crippen LogP contribution in [0.5, 0.6) is 0 Å². The zero-order valence-electron chi connectivity index (χ0n) is 16.2. The standard InChI is InChI=1S/C22H23N3O3S/c1-16-12-13-25(24-16)20-8-6-19(7-9-20)23-22(26)14-17-4-10-21(11-5-17)29(27,28)15-18-2-3-18/h4-13,18H,2-3,14-15H2,1H3,(H,23,26). The maximum Gasteiger partial charge on any atom is 0.228 e. The first kappa shape index (κ1) is 19.4. The Labute approximate surface area is 170 Å². The summed E-state index contributed by atoms with van der Waals surface area (Å²) < 4.78 is 26.4. The lowest BCUT2D eigenvalue weighted by atomic mass is 10.1. The zero-order valence-corrected chi connectivity index (χ0v) is 17.0. The molecule has 1 saturated carbocycles. The van der Waals surface area contributed by atoms with Crippen molar-refractivity contribution in [2.75, 3.05) is 11.1 Å². The highest BCUT2D eigenvalue weighted by Gasteiger charge is 2.28. The van der Waals surface area contributed by atoms with Gasteiger partial charge in [0.25, 0.3) is 0 Å². The van der Waals surface area contributed by atoms with Crippen molar-refractivity contribution in [1.82, 2.24) is 9.78 Å². The van der Waals surface area contributed by atoms with E-state index in [4.69, 9.17) is 0 Å². The van der Waals surface area contributed by atoms with Gasteiger partial charge in [-0.15, -0.1) is 0 Å². The topological polar surface area (TPSA) is 81.1 Å². The number of aryl methyl sites for hydroxylation is 1. The number of carbonyl (C=O) groups is 1. The lowest BCUT2D eigenvalue weighted by molar-refractivity contribution is -0.115. The average Bonchev–Trinajstić information content (AvgIpc) is 3.38. The van der Waals surface area contributed by atoms with Crippen LogP contribution in [0.2, 0.25) is 0 Å². The van der Waals surface area contributed by atoms with Crippen LogP contribution in [0.3, 0.4) is 0 Å². The Hall–Kier alpha value is -2.93. The second-order valence-corrected chi connectivity index (χ2v) is 9.58. The molecule has 3 aromatic rings. The van der Waals surface area contributed by atoms with Gasteiger partial charge >= 0.3 is 0 Å². The highest BCUT2D eigenvalue weighted by molar-refractivity contribution is 7.91. The van der Waals surface area contributed by atoms with Gasteiger partial charge in [0.15, 0.2) is 9.84 Å². The van der Waals surface area contributed by atoms with Crippen molar-refractivity contribution >= 4 is 21.4 Å². The number of anilines is 1. The first-order chi connectivity index (χ1) is 13.9. The zero-order chi connectivity index (χ0) is 20.4. The molecule has 0 saturated heterocycles. The number of nitrogens with one attached hydrogen (secondary N) is 1. The molecule has 6 nitrogen and oxygen atoms in total. The number of rotatable bonds is 7. The summed E-state index contributed by atoms with van der Waals surface area (Å²) in [5.41, 5.74) is 3.33. The van der Waals surface area contributed by atoms with Gasteiger partial charge < -0.3 is 5.32 Å². The van der Waals surface area contributed by atoms with Gasteiger partial charge in [-0.25, -0.2) is 13.1 Å². The van der Waals surface area contributed by atoms with E-state index in [2.05, 4.69) is 10.4 Å². The highest BCUT2D eigenvalue weighted by Crippen LogP contribution is 2.32. The van der Waals surface area contributed by atoms with Crippen molar-refractivity contribution in [2.45, 2.75) is 31.1 Å². The average molecular weight is 410 g/mol. The second-order valence-electron chi connectivity index (χ2n) is 7.54. The third-order valence-corrected chi connectivity index (χ3v) is 6.84. The Morgan fingerprint density at radius 2 is 1.76 bits per heavy atom. The van der Waals surface area contributed by atoms with Crippen molar-refractivity contribution < 1.29 is 13.2 Å². The van der Waals surface area contributed by atoms with Crippen LogP contribution >= 0.6 is 0 Å². The minimum atomic E-state index is -3.22. The van der Waals surface area contributed by atoms with Crippen LogP contribution in [-0.4, -0.2) is 29.9 Å². The molecule has 1 aliphatic rings. The third kappa shape index (κ3) is 4.92. The molecule has 0 bridgehead atoms. The molecular weight excluding hydrogens is 386 g/mol. The summed E-state index contributed by atoms with van der Waals surface area (Å²) in [6.07, 6.45) is 4.07. The van der Waals surface area contributed by atoms with Crippen molar-refractivity contribution in [3.8, 4) is 5.69 Å². The van der Waals surface area contributed by atoms with Crippen LogP contribution < -0.4 is 5.32 Å². The number of benzene rings is 2. The molecule has 0 atom stereocenters. The second kappa shape index (κ2) is 7.83. The first-order valence-corrected chi connectivity index (χ1v) is 11.3. The van der Waals surface area contributed by atoms with Gasteiger partial charge in [0.1, 0.15) is 0 Å². The number of aromatic nitrogens is 2. The third-order valence-electron chi connectivity index (χ3n) is 4.94. The minimum Gasteiger partial charge on any atom is -0.326 e. The number of carbonyl (C=O) groups excluding carboxylic acids is 1. The highest BCUT2D eigenvalue weighted by atomic mass is 32.2. The number of hydrogen-bond acceptors (Lipinski definition) is 4. The van der Waals surface area contributed by atoms with Gasteiger partial charge in [0.05, 0.1) is 28.5 Å². The first-order valence-electron chi connectivity index (χ1n) is 9.63. The number of amides is 1. The van der Waals surface area contributed by atoms with E-state index < -0.39 is 9.84 Å². The fourth-order valence-corrected chi connectivity index (χ4v) is 4.85. The van der Waals surface area contributed by atoms with Gasteiger partial charge in [0.2, 0.25) is 5.91 Å². The molecule has 1 fully saturated rings. The maximum atomic E-state index is 12.3. The van der Waals surface area contributed by atoms with Gasteiger partial charge in [-0.2, -0.15) is 5.10 Å². The predicted octanol–water partition coefficient (Wildman–Crippen LogP) is 3.55. The van der Waals surface area contributed by atoms with Crippen molar-refractivity contribution in [2.24, 2.45) is 5.92 Å². The summed E-state index contributed by atoms with van der Waals surface area (Å²) in [6.45, 7) is 1.93. The quantitative estimate of drug-likeness (QED) is 0.647. The van der Waals surface area contributed by atoms with E-state index >= 15 is 0 Å². The van der Waals surface area contributed by atoms with Crippen LogP contribution in [0.15, 0.2) is 65.7 Å². The molecule has 4 rings (SSSR count). The van der Waals surface area contributed by atoms with E-state index in [-0.39, 0.29) is 18.1 Å². The van der Waals surface area contributed by atoms with E-state index in [1.807, 2.05) is 43.5 Å². The van der Waals surface area contributed by atoms with Crippen LogP contribution in [-0.2, 0) is 21.1 Å². The molecule has 1 aliphatic carbocycles. The predicted molar refractivity (Wildman–Crippen MR) is 112 cm³/mol. The van der Waals surface area contributed by atoms with Gasteiger partial charge in [-0.3, -0.25) is 4.79 Å². The SMILES string of the molecule is Cc1ccn(-c2ccc(NC(=O)Cc3ccc(S(=O)(=O)CC4CC4)cc3)cc2)n1. The Balaban J connectivity index is 1.35. The number of nitrogens with zero attached hydrogens (tertiary/aromatic N) is 2. The fourth-order valence-electron chi connectivity index (χ4n) is 3.15. The van der Waals surface area contributed by atoms with E-state index in [0.717, 1.165) is 29.8 Å². The van der Waals surface area contributed by atoms with Crippen LogP contribution in [0.4, 0.5) is 5.69 Å². The molecular formula is C22H23N3O3S. The van der Waals surface area contributed by atoms with Crippen LogP contribution in [0, 0.1) is 12.8 Å². The van der Waals surface area contributed by atoms with E-state index in [9.17, 15) is 13.2 Å². The summed E-state index contributed by atoms with van der Waals surface area (Å²) in [7, 11) is -3.22. The lowest BCUT2D eigenvalue weighted by Crippen LogP contribution is -2.14. The van der Waals surface area contributed by atoms with Crippen molar-refractivity contribution in [3.05, 3.63) is 72.1 Å². The summed E-state index contributed by atoms with van der Waals surface area (Å²) >= 11 is 0. The molecule has 1 amide bonds. The smallest absolute Gasteiger partial charge is 0.228 e. The molecule has 29 heavy (non-hydrogen) atoms. The molecule has 0 unspecified atom stereocenters. The van der Waals surface area contributed by atoms with E-state index in [1.54, 1.807) is 28.9 Å². The van der Waals surface area contributed by atoms with Gasteiger partial charge in [0, 0.05) is 11.9 Å². The lowest BCUT2D eigenvalue weighted by Gasteiger charge is -2.08. The maximum absolute atomic E-state index is 12.3. The fraction of sp³-hybridized carbons (Fsp3) is 0.273.